The lowest BCUT2D eigenvalue weighted by molar-refractivity contribution is 1.41. The molecular formula is C9H8BrClN2. The fourth-order valence-corrected chi connectivity index (χ4v) is 1.61. The lowest BCUT2D eigenvalue weighted by Gasteiger charge is -2.01. The van der Waals surface area contributed by atoms with E-state index in [4.69, 9.17) is 5.73 Å². The van der Waals surface area contributed by atoms with Crippen molar-refractivity contribution in [2.24, 2.45) is 0 Å². The lowest BCUT2D eigenvalue weighted by atomic mass is 10.2. The van der Waals surface area contributed by atoms with Crippen molar-refractivity contribution in [3.05, 3.63) is 34.9 Å². The zero-order chi connectivity index (χ0) is 8.55. The maximum absolute atomic E-state index is 5.74. The van der Waals surface area contributed by atoms with Crippen molar-refractivity contribution in [3.63, 3.8) is 0 Å². The molecule has 0 unspecified atom stereocenters. The van der Waals surface area contributed by atoms with Gasteiger partial charge in [0.1, 0.15) is 0 Å². The number of halogens is 2. The van der Waals surface area contributed by atoms with Crippen molar-refractivity contribution in [1.29, 1.82) is 0 Å². The maximum Gasteiger partial charge on any atom is 0.0942 e. The predicted molar refractivity (Wildman–Crippen MR) is 61.1 cm³/mol. The van der Waals surface area contributed by atoms with Crippen molar-refractivity contribution >= 4 is 44.9 Å². The number of anilines is 1. The monoisotopic (exact) mass is 258 g/mol. The van der Waals surface area contributed by atoms with Gasteiger partial charge in [-0.2, -0.15) is 0 Å². The molecule has 0 aliphatic rings. The Hall–Kier alpha value is -0.800. The van der Waals surface area contributed by atoms with Crippen LogP contribution in [-0.4, -0.2) is 4.98 Å². The van der Waals surface area contributed by atoms with E-state index >= 15 is 0 Å². The molecule has 0 fully saturated rings. The highest BCUT2D eigenvalue weighted by molar-refractivity contribution is 9.10. The maximum atomic E-state index is 5.74. The highest BCUT2D eigenvalue weighted by Gasteiger charge is 2.00. The smallest absolute Gasteiger partial charge is 0.0942 e. The van der Waals surface area contributed by atoms with Gasteiger partial charge in [0, 0.05) is 16.1 Å². The van der Waals surface area contributed by atoms with E-state index in [2.05, 4.69) is 20.9 Å². The Kier molecular flexibility index (Phi) is 3.12. The molecule has 0 atom stereocenters. The number of hydrogen-bond donors (Lipinski definition) is 1. The van der Waals surface area contributed by atoms with Gasteiger partial charge >= 0.3 is 0 Å². The number of aromatic nitrogens is 1. The van der Waals surface area contributed by atoms with Crippen LogP contribution in [0.2, 0.25) is 0 Å². The lowest BCUT2D eigenvalue weighted by Crippen LogP contribution is -1.88. The standard InChI is InChI=1S/C9H7BrN2.ClH/c10-7-3-4-8(11)9-6(7)2-1-5-12-9;/h1-5H,11H2;1H. The summed E-state index contributed by atoms with van der Waals surface area (Å²) in [5.74, 6) is 0. The third kappa shape index (κ3) is 1.76. The van der Waals surface area contributed by atoms with Crippen LogP contribution in [0.3, 0.4) is 0 Å². The summed E-state index contributed by atoms with van der Waals surface area (Å²) in [6, 6.07) is 7.66. The van der Waals surface area contributed by atoms with Gasteiger partial charge in [0.05, 0.1) is 11.2 Å². The summed E-state index contributed by atoms with van der Waals surface area (Å²) >= 11 is 3.44. The average molecular weight is 260 g/mol. The van der Waals surface area contributed by atoms with E-state index in [0.717, 1.165) is 15.4 Å². The molecule has 2 N–H and O–H groups in total. The van der Waals surface area contributed by atoms with Crippen LogP contribution in [0.4, 0.5) is 5.69 Å². The van der Waals surface area contributed by atoms with Crippen LogP contribution in [0.1, 0.15) is 0 Å². The van der Waals surface area contributed by atoms with E-state index < -0.39 is 0 Å². The van der Waals surface area contributed by atoms with Gasteiger partial charge in [0.15, 0.2) is 0 Å². The van der Waals surface area contributed by atoms with Crippen molar-refractivity contribution in [2.45, 2.75) is 0 Å². The molecule has 1 heterocycles. The Balaban J connectivity index is 0.000000845. The fraction of sp³-hybridized carbons (Fsp3) is 0. The molecule has 0 aliphatic heterocycles. The second-order valence-electron chi connectivity index (χ2n) is 2.54. The first-order valence-corrected chi connectivity index (χ1v) is 4.37. The molecule has 0 bridgehead atoms. The van der Waals surface area contributed by atoms with Crippen LogP contribution in [0.25, 0.3) is 10.9 Å². The van der Waals surface area contributed by atoms with Crippen LogP contribution < -0.4 is 5.73 Å². The molecule has 4 heteroatoms. The van der Waals surface area contributed by atoms with Gasteiger partial charge < -0.3 is 5.73 Å². The summed E-state index contributed by atoms with van der Waals surface area (Å²) in [5, 5.41) is 1.05. The molecule has 68 valence electrons. The summed E-state index contributed by atoms with van der Waals surface area (Å²) in [4.78, 5) is 4.19. The van der Waals surface area contributed by atoms with Crippen molar-refractivity contribution in [3.8, 4) is 0 Å². The Bertz CT molecular complexity index is 390. The molecule has 0 radical (unpaired) electrons. The van der Waals surface area contributed by atoms with Crippen LogP contribution in [0.5, 0.6) is 0 Å². The first kappa shape index (κ1) is 10.3. The van der Waals surface area contributed by atoms with E-state index in [0.29, 0.717) is 5.69 Å². The Morgan fingerprint density at radius 1 is 1.23 bits per heavy atom. The molecule has 1 aromatic carbocycles. The summed E-state index contributed by atoms with van der Waals surface area (Å²) in [5.41, 5.74) is 7.31. The van der Waals surface area contributed by atoms with Gasteiger partial charge in [-0.25, -0.2) is 0 Å². The van der Waals surface area contributed by atoms with Gasteiger partial charge in [-0.15, -0.1) is 12.4 Å². The van der Waals surface area contributed by atoms with Crippen LogP contribution >= 0.6 is 28.3 Å². The van der Waals surface area contributed by atoms with E-state index in [1.807, 2.05) is 24.3 Å². The van der Waals surface area contributed by atoms with Gasteiger partial charge in [-0.3, -0.25) is 4.98 Å². The number of rotatable bonds is 0. The van der Waals surface area contributed by atoms with Crippen molar-refractivity contribution in [2.75, 3.05) is 5.73 Å². The first-order valence-electron chi connectivity index (χ1n) is 3.58. The molecule has 2 nitrogen and oxygen atoms in total. The third-order valence-electron chi connectivity index (χ3n) is 1.75. The predicted octanol–water partition coefficient (Wildman–Crippen LogP) is 3.00. The zero-order valence-electron chi connectivity index (χ0n) is 6.70. The Morgan fingerprint density at radius 2 is 2.00 bits per heavy atom. The fourth-order valence-electron chi connectivity index (χ4n) is 1.16. The molecule has 0 amide bonds. The minimum absolute atomic E-state index is 0. The highest BCUT2D eigenvalue weighted by atomic mass is 79.9. The molecule has 0 saturated heterocycles. The molecule has 2 aromatic rings. The molecule has 13 heavy (non-hydrogen) atoms. The quantitative estimate of drug-likeness (QED) is 0.739. The molecule has 0 spiro atoms. The van der Waals surface area contributed by atoms with Crippen LogP contribution in [-0.2, 0) is 0 Å². The highest BCUT2D eigenvalue weighted by Crippen LogP contribution is 2.25. The van der Waals surface area contributed by atoms with Gasteiger partial charge in [0.25, 0.3) is 0 Å². The van der Waals surface area contributed by atoms with Gasteiger partial charge in [0.2, 0.25) is 0 Å². The van der Waals surface area contributed by atoms with E-state index in [1.165, 1.54) is 0 Å². The van der Waals surface area contributed by atoms with Crippen molar-refractivity contribution in [1.82, 2.24) is 4.98 Å². The first-order chi connectivity index (χ1) is 5.79. The van der Waals surface area contributed by atoms with Gasteiger partial charge in [-0.05, 0) is 18.2 Å². The minimum Gasteiger partial charge on any atom is -0.397 e. The van der Waals surface area contributed by atoms with E-state index in [-0.39, 0.29) is 12.4 Å². The number of benzene rings is 1. The van der Waals surface area contributed by atoms with Gasteiger partial charge in [-0.1, -0.05) is 22.0 Å². The van der Waals surface area contributed by atoms with Crippen LogP contribution in [0, 0.1) is 0 Å². The molecule has 0 saturated carbocycles. The minimum atomic E-state index is 0. The summed E-state index contributed by atoms with van der Waals surface area (Å²) in [7, 11) is 0. The SMILES string of the molecule is Cl.Nc1ccc(Br)c2cccnc12. The normalized spacial score (nSPS) is 9.62. The second kappa shape index (κ2) is 3.94. The number of nitrogens with two attached hydrogens (primary N) is 1. The molecule has 1 aromatic heterocycles. The molecular weight excluding hydrogens is 251 g/mol. The molecule has 2 rings (SSSR count). The zero-order valence-corrected chi connectivity index (χ0v) is 9.10. The number of pyridine rings is 1. The third-order valence-corrected chi connectivity index (χ3v) is 2.44. The summed E-state index contributed by atoms with van der Waals surface area (Å²) in [6.07, 6.45) is 1.74. The van der Waals surface area contributed by atoms with Crippen molar-refractivity contribution < 1.29 is 0 Å². The number of hydrogen-bond acceptors (Lipinski definition) is 2. The number of fused-ring (bicyclic) bond motifs is 1. The largest absolute Gasteiger partial charge is 0.397 e. The Labute approximate surface area is 90.7 Å². The summed E-state index contributed by atoms with van der Waals surface area (Å²) < 4.78 is 1.03. The Morgan fingerprint density at radius 3 is 2.69 bits per heavy atom. The van der Waals surface area contributed by atoms with Crippen LogP contribution in [0.15, 0.2) is 34.9 Å². The van der Waals surface area contributed by atoms with E-state index in [9.17, 15) is 0 Å². The summed E-state index contributed by atoms with van der Waals surface area (Å²) in [6.45, 7) is 0. The number of nitrogen functional groups attached to an aromatic ring is 1. The topological polar surface area (TPSA) is 38.9 Å². The number of nitrogens with zero attached hydrogens (tertiary/aromatic N) is 1. The molecule has 0 aliphatic carbocycles. The average Bonchev–Trinajstić information content (AvgIpc) is 2.12. The van der Waals surface area contributed by atoms with E-state index in [1.54, 1.807) is 6.20 Å². The second-order valence-corrected chi connectivity index (χ2v) is 3.39.